The summed E-state index contributed by atoms with van der Waals surface area (Å²) in [6, 6.07) is 8.73. The Morgan fingerprint density at radius 3 is 2.32 bits per heavy atom. The lowest BCUT2D eigenvalue weighted by atomic mass is 9.74. The molecule has 31 heavy (non-hydrogen) atoms. The maximum absolute atomic E-state index is 12.6. The SMILES string of the molecule is CCC1(C)OB(c2ccc(CC3(C)CCN(C(=O)[C@H]4CCCO4)CC3)cc2)OC1(C)C. The van der Waals surface area contributed by atoms with E-state index in [1.165, 1.54) is 5.56 Å². The van der Waals surface area contributed by atoms with Crippen LogP contribution in [0.15, 0.2) is 24.3 Å². The summed E-state index contributed by atoms with van der Waals surface area (Å²) in [4.78, 5) is 14.6. The van der Waals surface area contributed by atoms with Crippen LogP contribution in [0.1, 0.15) is 72.3 Å². The molecule has 3 heterocycles. The van der Waals surface area contributed by atoms with E-state index >= 15 is 0 Å². The number of rotatable bonds is 5. The maximum atomic E-state index is 12.6. The van der Waals surface area contributed by atoms with Gasteiger partial charge in [-0.3, -0.25) is 4.79 Å². The number of benzene rings is 1. The Morgan fingerprint density at radius 2 is 1.77 bits per heavy atom. The molecule has 170 valence electrons. The van der Waals surface area contributed by atoms with Gasteiger partial charge in [0.05, 0.1) is 11.2 Å². The fourth-order valence-corrected chi connectivity index (χ4v) is 5.14. The number of hydrogen-bond donors (Lipinski definition) is 0. The third kappa shape index (κ3) is 4.58. The van der Waals surface area contributed by atoms with Crippen LogP contribution in [0.25, 0.3) is 0 Å². The summed E-state index contributed by atoms with van der Waals surface area (Å²) < 4.78 is 18.2. The van der Waals surface area contributed by atoms with Gasteiger partial charge in [0.2, 0.25) is 0 Å². The highest BCUT2D eigenvalue weighted by molar-refractivity contribution is 6.62. The summed E-state index contributed by atoms with van der Waals surface area (Å²) in [5.74, 6) is 0.197. The summed E-state index contributed by atoms with van der Waals surface area (Å²) >= 11 is 0. The summed E-state index contributed by atoms with van der Waals surface area (Å²) in [6.45, 7) is 13.3. The van der Waals surface area contributed by atoms with Crippen molar-refractivity contribution in [2.45, 2.75) is 90.4 Å². The first-order valence-corrected chi connectivity index (χ1v) is 12.0. The molecule has 3 aliphatic heterocycles. The average Bonchev–Trinajstić information content (AvgIpc) is 3.35. The molecule has 3 saturated heterocycles. The molecule has 3 fully saturated rings. The zero-order valence-corrected chi connectivity index (χ0v) is 19.9. The zero-order chi connectivity index (χ0) is 22.3. The van der Waals surface area contributed by atoms with Crippen LogP contribution >= 0.6 is 0 Å². The van der Waals surface area contributed by atoms with Crippen molar-refractivity contribution in [2.24, 2.45) is 5.41 Å². The smallest absolute Gasteiger partial charge is 0.399 e. The van der Waals surface area contributed by atoms with Gasteiger partial charge in [0.15, 0.2) is 0 Å². The summed E-state index contributed by atoms with van der Waals surface area (Å²) in [7, 11) is -0.309. The molecule has 0 saturated carbocycles. The van der Waals surface area contributed by atoms with E-state index in [1.807, 2.05) is 4.90 Å². The van der Waals surface area contributed by atoms with Crippen LogP contribution in [-0.4, -0.2) is 54.9 Å². The fraction of sp³-hybridized carbons (Fsp3) is 0.720. The molecule has 0 N–H and O–H groups in total. The van der Waals surface area contributed by atoms with Gasteiger partial charge in [-0.25, -0.2) is 0 Å². The second kappa shape index (κ2) is 8.53. The van der Waals surface area contributed by atoms with E-state index in [1.54, 1.807) is 0 Å². The molecule has 0 aromatic heterocycles. The first-order chi connectivity index (χ1) is 14.6. The second-order valence-corrected chi connectivity index (χ2v) is 10.7. The molecule has 6 heteroatoms. The van der Waals surface area contributed by atoms with Crippen LogP contribution in [-0.2, 0) is 25.3 Å². The number of carbonyl (C=O) groups is 1. The molecule has 2 atom stereocenters. The molecule has 1 unspecified atom stereocenters. The van der Waals surface area contributed by atoms with Crippen LogP contribution in [0.5, 0.6) is 0 Å². The largest absolute Gasteiger partial charge is 0.494 e. The van der Waals surface area contributed by atoms with Crippen LogP contribution in [0.2, 0.25) is 0 Å². The molecule has 1 amide bonds. The Bertz CT molecular complexity index is 781. The summed E-state index contributed by atoms with van der Waals surface area (Å²) in [6.07, 6.45) is 5.69. The van der Waals surface area contributed by atoms with Crippen molar-refractivity contribution in [1.82, 2.24) is 4.90 Å². The van der Waals surface area contributed by atoms with Gasteiger partial charge in [0.25, 0.3) is 5.91 Å². The highest BCUT2D eigenvalue weighted by atomic mass is 16.7. The van der Waals surface area contributed by atoms with Crippen molar-refractivity contribution >= 4 is 18.5 Å². The van der Waals surface area contributed by atoms with Gasteiger partial charge in [0, 0.05) is 19.7 Å². The molecular formula is C25H38BNO4. The number of hydrogen-bond acceptors (Lipinski definition) is 4. The Balaban J connectivity index is 1.34. The van der Waals surface area contributed by atoms with Crippen LogP contribution in [0.3, 0.4) is 0 Å². The van der Waals surface area contributed by atoms with E-state index in [2.05, 4.69) is 58.9 Å². The minimum absolute atomic E-state index is 0.197. The van der Waals surface area contributed by atoms with Gasteiger partial charge in [-0.15, -0.1) is 0 Å². The number of carbonyl (C=O) groups excluding carboxylic acids is 1. The standard InChI is InChI=1S/C25H38BNO4/c1-6-25(5)23(2,3)30-26(31-25)20-11-9-19(10-12-20)18-24(4)13-15-27(16-14-24)22(28)21-8-7-17-29-21/h9-12,21H,6-8,13-18H2,1-5H3/t21-,25?/m1/s1. The van der Waals surface area contributed by atoms with Crippen molar-refractivity contribution in [3.05, 3.63) is 29.8 Å². The average molecular weight is 427 g/mol. The minimum atomic E-state index is -0.312. The molecule has 3 aliphatic rings. The number of amides is 1. The Hall–Kier alpha value is -1.37. The van der Waals surface area contributed by atoms with Crippen molar-refractivity contribution < 1.29 is 18.8 Å². The lowest BCUT2D eigenvalue weighted by molar-refractivity contribution is -0.143. The van der Waals surface area contributed by atoms with E-state index in [9.17, 15) is 4.79 Å². The van der Waals surface area contributed by atoms with E-state index in [4.69, 9.17) is 14.0 Å². The molecule has 1 aromatic carbocycles. The summed E-state index contributed by atoms with van der Waals surface area (Å²) in [5.41, 5.74) is 2.04. The normalized spacial score (nSPS) is 30.0. The number of ether oxygens (including phenoxy) is 1. The van der Waals surface area contributed by atoms with Gasteiger partial charge in [-0.1, -0.05) is 38.1 Å². The molecule has 0 aliphatic carbocycles. The van der Waals surface area contributed by atoms with Gasteiger partial charge in [0.1, 0.15) is 6.10 Å². The van der Waals surface area contributed by atoms with E-state index < -0.39 is 0 Å². The molecule has 0 radical (unpaired) electrons. The lowest BCUT2D eigenvalue weighted by Crippen LogP contribution is -2.46. The second-order valence-electron chi connectivity index (χ2n) is 10.7. The van der Waals surface area contributed by atoms with Crippen molar-refractivity contribution in [3.8, 4) is 0 Å². The maximum Gasteiger partial charge on any atom is 0.494 e. The Labute approximate surface area is 188 Å². The van der Waals surface area contributed by atoms with Crippen molar-refractivity contribution in [3.63, 3.8) is 0 Å². The molecule has 5 nitrogen and oxygen atoms in total. The first kappa shape index (κ1) is 22.8. The first-order valence-electron chi connectivity index (χ1n) is 12.0. The van der Waals surface area contributed by atoms with Gasteiger partial charge in [-0.05, 0) is 75.7 Å². The zero-order valence-electron chi connectivity index (χ0n) is 19.9. The highest BCUT2D eigenvalue weighted by Gasteiger charge is 2.53. The Kier molecular flexibility index (Phi) is 6.28. The van der Waals surface area contributed by atoms with Gasteiger partial charge < -0.3 is 18.9 Å². The quantitative estimate of drug-likeness (QED) is 0.672. The number of piperidine rings is 1. The molecule has 4 rings (SSSR count). The van der Waals surface area contributed by atoms with E-state index in [0.29, 0.717) is 0 Å². The van der Waals surface area contributed by atoms with Gasteiger partial charge >= 0.3 is 7.12 Å². The third-order valence-corrected chi connectivity index (χ3v) is 8.09. The summed E-state index contributed by atoms with van der Waals surface area (Å²) in [5, 5.41) is 0. The predicted molar refractivity (Wildman–Crippen MR) is 123 cm³/mol. The predicted octanol–water partition coefficient (Wildman–Crippen LogP) is 3.73. The van der Waals surface area contributed by atoms with Gasteiger partial charge in [-0.2, -0.15) is 0 Å². The van der Waals surface area contributed by atoms with E-state index in [0.717, 1.165) is 63.7 Å². The van der Waals surface area contributed by atoms with Crippen molar-refractivity contribution in [2.75, 3.05) is 19.7 Å². The van der Waals surface area contributed by atoms with Crippen LogP contribution in [0.4, 0.5) is 0 Å². The molecular weight excluding hydrogens is 389 g/mol. The third-order valence-electron chi connectivity index (χ3n) is 8.09. The molecule has 0 spiro atoms. The van der Waals surface area contributed by atoms with Crippen molar-refractivity contribution in [1.29, 1.82) is 0 Å². The monoisotopic (exact) mass is 427 g/mol. The number of likely N-dealkylation sites (tertiary alicyclic amines) is 1. The minimum Gasteiger partial charge on any atom is -0.399 e. The van der Waals surface area contributed by atoms with Crippen LogP contribution in [0, 0.1) is 5.41 Å². The topological polar surface area (TPSA) is 48.0 Å². The highest BCUT2D eigenvalue weighted by Crippen LogP contribution is 2.39. The Morgan fingerprint density at radius 1 is 1.10 bits per heavy atom. The van der Waals surface area contributed by atoms with Crippen LogP contribution < -0.4 is 5.46 Å². The van der Waals surface area contributed by atoms with E-state index in [-0.39, 0.29) is 35.7 Å². The number of nitrogens with zero attached hydrogens (tertiary/aromatic N) is 1. The lowest BCUT2D eigenvalue weighted by Gasteiger charge is -2.40. The molecule has 0 bridgehead atoms. The fourth-order valence-electron chi connectivity index (χ4n) is 5.14. The molecule has 1 aromatic rings.